The molecule has 0 spiro atoms. The molecule has 0 amide bonds. The lowest BCUT2D eigenvalue weighted by Gasteiger charge is -2.08. The van der Waals surface area contributed by atoms with Crippen LogP contribution in [0.15, 0.2) is 0 Å². The van der Waals surface area contributed by atoms with Crippen molar-refractivity contribution in [2.75, 3.05) is 59.5 Å². The number of hydrogen-bond acceptors (Lipinski definition) is 6. The predicted octanol–water partition coefficient (Wildman–Crippen LogP) is 11.4. The Labute approximate surface area is 287 Å². The van der Waals surface area contributed by atoms with Gasteiger partial charge in [-0.15, -0.1) is 0 Å². The molecule has 6 nitrogen and oxygen atoms in total. The maximum Gasteiger partial charge on any atom is 0.305 e. The molecule has 0 rings (SSSR count). The molecule has 0 aliphatic carbocycles. The summed E-state index contributed by atoms with van der Waals surface area (Å²) in [6.45, 7) is 12.4. The minimum atomic E-state index is -0.107. The Kier molecular flexibility index (Phi) is 39.9. The summed E-state index contributed by atoms with van der Waals surface area (Å²) >= 11 is 0. The van der Waals surface area contributed by atoms with E-state index in [1.165, 1.54) is 135 Å². The fraction of sp³-hybridized carbons (Fsp3) is 0.975. The fourth-order valence-corrected chi connectivity index (χ4v) is 5.63. The number of carbonyl (C=O) groups excluding carboxylic acids is 1. The highest BCUT2D eigenvalue weighted by Gasteiger charge is 2.03. The molecule has 46 heavy (non-hydrogen) atoms. The quantitative estimate of drug-likeness (QED) is 0.0483. The average Bonchev–Trinajstić information content (AvgIpc) is 3.04. The molecule has 0 heterocycles. The van der Waals surface area contributed by atoms with Crippen molar-refractivity contribution in [3.63, 3.8) is 0 Å². The Hall–Kier alpha value is -0.690. The standard InChI is InChI=1S/C40H80O6/c1-4-5-6-7-8-9-16-19-22-25-30-42-33-35-44-37-38-45-36-34-43-31-27-29-40(41)46-32-26-23-20-17-14-12-10-11-13-15-18-21-24-28-39(2)3/h39H,4-38H2,1-3H3. The first kappa shape index (κ1) is 45.3. The minimum Gasteiger partial charge on any atom is -0.466 e. The Balaban J connectivity index is 3.14. The molecule has 0 aromatic heterocycles. The van der Waals surface area contributed by atoms with E-state index < -0.39 is 0 Å². The minimum absolute atomic E-state index is 0.107. The third kappa shape index (κ3) is 41.3. The molecule has 0 aliphatic rings. The van der Waals surface area contributed by atoms with Crippen molar-refractivity contribution in [2.45, 2.75) is 188 Å². The SMILES string of the molecule is CCCCCCCCCCCCOCCOCCOCCOCCCC(=O)OCCCCCCCCCCCCCCCC(C)C. The van der Waals surface area contributed by atoms with Crippen LogP contribution in [0.2, 0.25) is 0 Å². The van der Waals surface area contributed by atoms with Crippen LogP contribution in [0.1, 0.15) is 188 Å². The van der Waals surface area contributed by atoms with Gasteiger partial charge in [0.05, 0.1) is 46.2 Å². The van der Waals surface area contributed by atoms with Gasteiger partial charge in [0.2, 0.25) is 0 Å². The van der Waals surface area contributed by atoms with Gasteiger partial charge < -0.3 is 23.7 Å². The number of hydrogen-bond donors (Lipinski definition) is 0. The van der Waals surface area contributed by atoms with Crippen molar-refractivity contribution in [3.05, 3.63) is 0 Å². The maximum absolute atomic E-state index is 11.9. The van der Waals surface area contributed by atoms with Gasteiger partial charge in [0.1, 0.15) is 0 Å². The van der Waals surface area contributed by atoms with Crippen molar-refractivity contribution in [2.24, 2.45) is 5.92 Å². The maximum atomic E-state index is 11.9. The summed E-state index contributed by atoms with van der Waals surface area (Å²) in [5.74, 6) is 0.754. The number of unbranched alkanes of at least 4 members (excludes halogenated alkanes) is 21. The van der Waals surface area contributed by atoms with Gasteiger partial charge in [-0.05, 0) is 25.2 Å². The van der Waals surface area contributed by atoms with Gasteiger partial charge in [-0.2, -0.15) is 0 Å². The van der Waals surface area contributed by atoms with Crippen molar-refractivity contribution < 1.29 is 28.5 Å². The summed E-state index contributed by atoms with van der Waals surface area (Å²) in [5, 5.41) is 0. The Morgan fingerprint density at radius 3 is 1.13 bits per heavy atom. The smallest absolute Gasteiger partial charge is 0.305 e. The second-order valence-corrected chi connectivity index (χ2v) is 13.7. The van der Waals surface area contributed by atoms with Crippen LogP contribution in [0, 0.1) is 5.92 Å². The highest BCUT2D eigenvalue weighted by atomic mass is 16.6. The number of ether oxygens (including phenoxy) is 5. The highest BCUT2D eigenvalue weighted by Crippen LogP contribution is 2.15. The van der Waals surface area contributed by atoms with Crippen LogP contribution in [-0.4, -0.2) is 65.4 Å². The van der Waals surface area contributed by atoms with Crippen molar-refractivity contribution in [3.8, 4) is 0 Å². The van der Waals surface area contributed by atoms with E-state index in [-0.39, 0.29) is 5.97 Å². The molecule has 0 aromatic rings. The van der Waals surface area contributed by atoms with Crippen LogP contribution in [-0.2, 0) is 28.5 Å². The van der Waals surface area contributed by atoms with Gasteiger partial charge in [0, 0.05) is 19.6 Å². The molecular weight excluding hydrogens is 576 g/mol. The van der Waals surface area contributed by atoms with E-state index in [2.05, 4.69) is 20.8 Å². The van der Waals surface area contributed by atoms with E-state index >= 15 is 0 Å². The van der Waals surface area contributed by atoms with Crippen LogP contribution in [0.4, 0.5) is 0 Å². The van der Waals surface area contributed by atoms with E-state index in [0.717, 1.165) is 31.8 Å². The van der Waals surface area contributed by atoms with E-state index in [9.17, 15) is 4.79 Å². The largest absolute Gasteiger partial charge is 0.466 e. The molecule has 0 saturated carbocycles. The highest BCUT2D eigenvalue weighted by molar-refractivity contribution is 5.69. The van der Waals surface area contributed by atoms with E-state index in [1.807, 2.05) is 0 Å². The van der Waals surface area contributed by atoms with Gasteiger partial charge >= 0.3 is 5.97 Å². The Morgan fingerprint density at radius 2 is 0.717 bits per heavy atom. The van der Waals surface area contributed by atoms with Gasteiger partial charge in [0.15, 0.2) is 0 Å². The molecule has 0 aliphatic heterocycles. The van der Waals surface area contributed by atoms with Crippen LogP contribution in [0.25, 0.3) is 0 Å². The summed E-state index contributed by atoms with van der Waals surface area (Å²) in [4.78, 5) is 11.9. The zero-order valence-corrected chi connectivity index (χ0v) is 31.3. The zero-order valence-electron chi connectivity index (χ0n) is 31.3. The van der Waals surface area contributed by atoms with Crippen molar-refractivity contribution in [1.82, 2.24) is 0 Å². The second-order valence-electron chi connectivity index (χ2n) is 13.7. The molecule has 0 fully saturated rings. The van der Waals surface area contributed by atoms with Gasteiger partial charge in [-0.25, -0.2) is 0 Å². The summed E-state index contributed by atoms with van der Waals surface area (Å²) in [6, 6.07) is 0. The van der Waals surface area contributed by atoms with Gasteiger partial charge in [0.25, 0.3) is 0 Å². The molecule has 0 radical (unpaired) electrons. The van der Waals surface area contributed by atoms with E-state index in [4.69, 9.17) is 23.7 Å². The van der Waals surface area contributed by atoms with Crippen LogP contribution in [0.5, 0.6) is 0 Å². The number of rotatable bonds is 40. The summed E-state index contributed by atoms with van der Waals surface area (Å²) in [5.41, 5.74) is 0. The monoisotopic (exact) mass is 657 g/mol. The predicted molar refractivity (Wildman–Crippen MR) is 195 cm³/mol. The number of carbonyl (C=O) groups is 1. The molecule has 0 N–H and O–H groups in total. The summed E-state index contributed by atoms with van der Waals surface area (Å²) < 4.78 is 27.7. The molecule has 0 unspecified atom stereocenters. The van der Waals surface area contributed by atoms with E-state index in [1.54, 1.807) is 0 Å². The molecule has 0 bridgehead atoms. The third-order valence-electron chi connectivity index (χ3n) is 8.62. The zero-order chi connectivity index (χ0) is 33.4. The second kappa shape index (κ2) is 40.5. The molecule has 6 heteroatoms. The molecule has 0 saturated heterocycles. The van der Waals surface area contributed by atoms with Crippen LogP contribution in [0.3, 0.4) is 0 Å². The molecule has 276 valence electrons. The average molecular weight is 657 g/mol. The van der Waals surface area contributed by atoms with Crippen molar-refractivity contribution >= 4 is 5.97 Å². The molecule has 0 aromatic carbocycles. The van der Waals surface area contributed by atoms with Crippen molar-refractivity contribution in [1.29, 1.82) is 0 Å². The Bertz CT molecular complexity index is 570. The van der Waals surface area contributed by atoms with Gasteiger partial charge in [-0.1, -0.05) is 162 Å². The van der Waals surface area contributed by atoms with Crippen LogP contribution >= 0.6 is 0 Å². The fourth-order valence-electron chi connectivity index (χ4n) is 5.63. The molecular formula is C40H80O6. The van der Waals surface area contributed by atoms with Gasteiger partial charge in [-0.3, -0.25) is 4.79 Å². The Morgan fingerprint density at radius 1 is 0.391 bits per heavy atom. The first-order valence-electron chi connectivity index (χ1n) is 20.1. The first-order valence-corrected chi connectivity index (χ1v) is 20.1. The lowest BCUT2D eigenvalue weighted by Crippen LogP contribution is -2.12. The normalized spacial score (nSPS) is 11.6. The topological polar surface area (TPSA) is 63.2 Å². The summed E-state index contributed by atoms with van der Waals surface area (Å²) in [6.07, 6.45) is 33.3. The number of esters is 1. The first-order chi connectivity index (χ1) is 22.7. The van der Waals surface area contributed by atoms with E-state index in [0.29, 0.717) is 65.7 Å². The lowest BCUT2D eigenvalue weighted by atomic mass is 10.0. The van der Waals surface area contributed by atoms with Crippen LogP contribution < -0.4 is 0 Å². The molecule has 0 atom stereocenters. The lowest BCUT2D eigenvalue weighted by molar-refractivity contribution is -0.144. The third-order valence-corrected chi connectivity index (χ3v) is 8.62. The summed E-state index contributed by atoms with van der Waals surface area (Å²) in [7, 11) is 0.